The number of nitrogens with one attached hydrogen (secondary N) is 1. The van der Waals surface area contributed by atoms with Gasteiger partial charge in [-0.15, -0.1) is 0 Å². The van der Waals surface area contributed by atoms with Gasteiger partial charge in [-0.05, 0) is 48.5 Å². The highest BCUT2D eigenvalue weighted by Crippen LogP contribution is 2.23. The van der Waals surface area contributed by atoms with Crippen LogP contribution in [0.4, 0.5) is 5.69 Å². The second kappa shape index (κ2) is 8.02. The fourth-order valence-electron chi connectivity index (χ4n) is 2.53. The molecular weight excluding hydrogens is 380 g/mol. The zero-order valence-corrected chi connectivity index (χ0v) is 15.3. The zero-order valence-electron chi connectivity index (χ0n) is 14.6. The first-order valence-electron chi connectivity index (χ1n) is 8.47. The maximum atomic E-state index is 11.9. The van der Waals surface area contributed by atoms with Crippen molar-refractivity contribution in [3.05, 3.63) is 89.5 Å². The van der Waals surface area contributed by atoms with Gasteiger partial charge < -0.3 is 19.0 Å². The van der Waals surface area contributed by atoms with Gasteiger partial charge >= 0.3 is 0 Å². The fourth-order valence-corrected chi connectivity index (χ4v) is 2.65. The molecule has 0 aliphatic heterocycles. The van der Waals surface area contributed by atoms with Crippen molar-refractivity contribution in [2.45, 2.75) is 6.61 Å². The Labute approximate surface area is 165 Å². The molecular formula is C21H15ClN2O4. The first-order valence-corrected chi connectivity index (χ1v) is 8.84. The Morgan fingerprint density at radius 1 is 1.07 bits per heavy atom. The van der Waals surface area contributed by atoms with E-state index in [4.69, 9.17) is 25.3 Å². The van der Waals surface area contributed by atoms with Crippen molar-refractivity contribution in [2.75, 3.05) is 5.32 Å². The molecule has 0 spiro atoms. The largest absolute Gasteiger partial charge is 0.486 e. The highest BCUT2D eigenvalue weighted by Gasteiger charge is 2.10. The molecule has 0 unspecified atom stereocenters. The second-order valence-electron chi connectivity index (χ2n) is 5.93. The van der Waals surface area contributed by atoms with Crippen LogP contribution in [0.3, 0.4) is 0 Å². The molecule has 4 aromatic rings. The van der Waals surface area contributed by atoms with Gasteiger partial charge in [-0.3, -0.25) is 4.79 Å². The van der Waals surface area contributed by atoms with Gasteiger partial charge in [-0.2, -0.15) is 0 Å². The minimum absolute atomic E-state index is 0.235. The van der Waals surface area contributed by atoms with E-state index in [0.717, 1.165) is 5.56 Å². The molecule has 2 heterocycles. The van der Waals surface area contributed by atoms with Crippen LogP contribution in [0, 0.1) is 0 Å². The fraction of sp³-hybridized carbons (Fsp3) is 0.0476. The summed E-state index contributed by atoms with van der Waals surface area (Å²) in [7, 11) is 0. The van der Waals surface area contributed by atoms with Crippen molar-refractivity contribution in [3.63, 3.8) is 0 Å². The van der Waals surface area contributed by atoms with E-state index in [2.05, 4.69) is 10.5 Å². The van der Waals surface area contributed by atoms with Crippen LogP contribution in [0.15, 0.2) is 81.9 Å². The van der Waals surface area contributed by atoms with Crippen molar-refractivity contribution >= 4 is 23.2 Å². The van der Waals surface area contributed by atoms with Gasteiger partial charge in [0.1, 0.15) is 18.1 Å². The molecule has 4 rings (SSSR count). The predicted molar refractivity (Wildman–Crippen MR) is 104 cm³/mol. The summed E-state index contributed by atoms with van der Waals surface area (Å²) in [6.07, 6.45) is 1.45. The second-order valence-corrected chi connectivity index (χ2v) is 6.37. The maximum absolute atomic E-state index is 11.9. The van der Waals surface area contributed by atoms with Crippen molar-refractivity contribution in [3.8, 4) is 17.0 Å². The lowest BCUT2D eigenvalue weighted by Gasteiger charge is -2.06. The molecule has 0 aliphatic rings. The summed E-state index contributed by atoms with van der Waals surface area (Å²) in [5, 5.41) is 7.46. The lowest BCUT2D eigenvalue weighted by atomic mass is 10.1. The Morgan fingerprint density at radius 3 is 2.57 bits per heavy atom. The number of aromatic nitrogens is 1. The van der Waals surface area contributed by atoms with E-state index in [1.807, 2.05) is 18.2 Å². The van der Waals surface area contributed by atoms with Crippen LogP contribution in [-0.2, 0) is 6.61 Å². The Kier molecular flexibility index (Phi) is 5.12. The van der Waals surface area contributed by atoms with Crippen molar-refractivity contribution < 1.29 is 18.5 Å². The van der Waals surface area contributed by atoms with Crippen LogP contribution in [0.25, 0.3) is 11.3 Å². The predicted octanol–water partition coefficient (Wildman–Crippen LogP) is 5.42. The minimum Gasteiger partial charge on any atom is -0.486 e. The summed E-state index contributed by atoms with van der Waals surface area (Å²) < 4.78 is 16.1. The summed E-state index contributed by atoms with van der Waals surface area (Å²) >= 11 is 5.90. The number of ether oxygens (including phenoxy) is 1. The SMILES string of the molecule is O=C(Nc1ccc(OCc2cc(-c3ccc(Cl)cc3)no2)cc1)c1ccco1. The molecule has 0 fully saturated rings. The van der Waals surface area contributed by atoms with Crippen molar-refractivity contribution in [2.24, 2.45) is 0 Å². The van der Waals surface area contributed by atoms with Gasteiger partial charge in [-0.1, -0.05) is 28.9 Å². The first kappa shape index (κ1) is 17.9. The number of hydrogen-bond donors (Lipinski definition) is 1. The third-order valence-electron chi connectivity index (χ3n) is 3.94. The van der Waals surface area contributed by atoms with E-state index in [-0.39, 0.29) is 18.3 Å². The van der Waals surface area contributed by atoms with E-state index < -0.39 is 0 Å². The van der Waals surface area contributed by atoms with E-state index in [1.54, 1.807) is 48.5 Å². The van der Waals surface area contributed by atoms with Gasteiger partial charge in [-0.25, -0.2) is 0 Å². The average molecular weight is 395 g/mol. The Bertz CT molecular complexity index is 1050. The number of benzene rings is 2. The lowest BCUT2D eigenvalue weighted by molar-refractivity contribution is 0.0996. The van der Waals surface area contributed by atoms with E-state index >= 15 is 0 Å². The van der Waals surface area contributed by atoms with Gasteiger partial charge in [0.2, 0.25) is 0 Å². The maximum Gasteiger partial charge on any atom is 0.291 e. The normalized spacial score (nSPS) is 10.6. The minimum atomic E-state index is -0.310. The monoisotopic (exact) mass is 394 g/mol. The number of hydrogen-bond acceptors (Lipinski definition) is 5. The zero-order chi connectivity index (χ0) is 19.3. The average Bonchev–Trinajstić information content (AvgIpc) is 3.40. The van der Waals surface area contributed by atoms with E-state index in [9.17, 15) is 4.79 Å². The van der Waals surface area contributed by atoms with Crippen molar-refractivity contribution in [1.82, 2.24) is 5.16 Å². The standard InChI is InChI=1S/C21H15ClN2O4/c22-15-5-3-14(4-6-15)19-12-18(28-24-19)13-27-17-9-7-16(8-10-17)23-21(25)20-2-1-11-26-20/h1-12H,13H2,(H,23,25). The van der Waals surface area contributed by atoms with Gasteiger partial charge in [0.25, 0.3) is 5.91 Å². The van der Waals surface area contributed by atoms with Gasteiger partial charge in [0, 0.05) is 22.3 Å². The molecule has 1 amide bonds. The Hall–Kier alpha value is -3.51. The molecule has 6 nitrogen and oxygen atoms in total. The van der Waals surface area contributed by atoms with Crippen LogP contribution in [0.2, 0.25) is 5.02 Å². The van der Waals surface area contributed by atoms with Gasteiger partial charge in [0.15, 0.2) is 11.5 Å². The number of nitrogens with zero attached hydrogens (tertiary/aromatic N) is 1. The van der Waals surface area contributed by atoms with Gasteiger partial charge in [0.05, 0.1) is 6.26 Å². The van der Waals surface area contributed by atoms with Crippen LogP contribution in [0.5, 0.6) is 5.75 Å². The number of anilines is 1. The molecule has 140 valence electrons. The summed E-state index contributed by atoms with van der Waals surface area (Å²) in [5.74, 6) is 1.18. The number of amides is 1. The molecule has 0 saturated heterocycles. The van der Waals surface area contributed by atoms with E-state index in [1.165, 1.54) is 6.26 Å². The Morgan fingerprint density at radius 2 is 1.86 bits per heavy atom. The number of carbonyl (C=O) groups is 1. The van der Waals surface area contributed by atoms with Crippen LogP contribution in [-0.4, -0.2) is 11.1 Å². The molecule has 2 aromatic heterocycles. The van der Waals surface area contributed by atoms with Crippen LogP contribution in [0.1, 0.15) is 16.3 Å². The number of rotatable bonds is 6. The summed E-state index contributed by atoms with van der Waals surface area (Å²) in [4.78, 5) is 11.9. The molecule has 0 atom stereocenters. The molecule has 7 heteroatoms. The molecule has 0 aliphatic carbocycles. The summed E-state index contributed by atoms with van der Waals surface area (Å²) in [6, 6.07) is 19.4. The van der Waals surface area contributed by atoms with Crippen molar-refractivity contribution in [1.29, 1.82) is 0 Å². The first-order chi connectivity index (χ1) is 13.7. The number of halogens is 1. The molecule has 0 saturated carbocycles. The molecule has 0 radical (unpaired) electrons. The third-order valence-corrected chi connectivity index (χ3v) is 4.19. The number of carbonyl (C=O) groups excluding carboxylic acids is 1. The highest BCUT2D eigenvalue weighted by molar-refractivity contribution is 6.30. The smallest absolute Gasteiger partial charge is 0.291 e. The summed E-state index contributed by atoms with van der Waals surface area (Å²) in [6.45, 7) is 0.235. The quantitative estimate of drug-likeness (QED) is 0.472. The van der Waals surface area contributed by atoms with Crippen LogP contribution >= 0.6 is 11.6 Å². The lowest BCUT2D eigenvalue weighted by Crippen LogP contribution is -2.10. The summed E-state index contributed by atoms with van der Waals surface area (Å²) in [5.41, 5.74) is 2.26. The highest BCUT2D eigenvalue weighted by atomic mass is 35.5. The third kappa shape index (κ3) is 4.24. The van der Waals surface area contributed by atoms with E-state index in [0.29, 0.717) is 27.9 Å². The topological polar surface area (TPSA) is 77.5 Å². The molecule has 28 heavy (non-hydrogen) atoms. The molecule has 1 N–H and O–H groups in total. The Balaban J connectivity index is 1.34. The molecule has 2 aromatic carbocycles. The number of furan rings is 1. The molecule has 0 bridgehead atoms. The van der Waals surface area contributed by atoms with Crippen LogP contribution < -0.4 is 10.1 Å².